The maximum absolute atomic E-state index is 13.2. The number of carbonyl (C=O) groups excluding carboxylic acids is 2. The van der Waals surface area contributed by atoms with Crippen molar-refractivity contribution in [2.45, 2.75) is 13.8 Å². The van der Waals surface area contributed by atoms with Gasteiger partial charge in [-0.2, -0.15) is 5.26 Å². The van der Waals surface area contributed by atoms with E-state index >= 15 is 0 Å². The number of hydrogen-bond acceptors (Lipinski definition) is 4. The van der Waals surface area contributed by atoms with Crippen molar-refractivity contribution in [2.75, 3.05) is 6.61 Å². The maximum Gasteiger partial charge on any atom is 0.338 e. The number of carbonyl (C=O) groups is 2. The highest BCUT2D eigenvalue weighted by atomic mass is 19.1. The van der Waals surface area contributed by atoms with Crippen molar-refractivity contribution in [1.29, 1.82) is 5.26 Å². The number of nitrogens with zero attached hydrogens (tertiary/aromatic N) is 2. The minimum absolute atomic E-state index is 0.267. The fourth-order valence-electron chi connectivity index (χ4n) is 3.01. The number of rotatable bonds is 5. The topological polar surface area (TPSA) is 72.1 Å². The van der Waals surface area contributed by atoms with E-state index in [0.29, 0.717) is 16.8 Å². The summed E-state index contributed by atoms with van der Waals surface area (Å²) >= 11 is 0. The Bertz CT molecular complexity index is 1070. The number of ether oxygens (including phenoxy) is 1. The normalized spacial score (nSPS) is 10.4. The summed E-state index contributed by atoms with van der Waals surface area (Å²) in [4.78, 5) is 24.7. The van der Waals surface area contributed by atoms with Gasteiger partial charge >= 0.3 is 5.97 Å². The Morgan fingerprint density at radius 3 is 2.32 bits per heavy atom. The SMILES string of the molecule is Cc1cc(C(=O)COC(=O)c2ccc(C#N)cc2)c(C)n1-c1ccc(F)cc1. The first-order valence-corrected chi connectivity index (χ1v) is 8.56. The second-order valence-electron chi connectivity index (χ2n) is 6.29. The Balaban J connectivity index is 1.74. The van der Waals surface area contributed by atoms with Gasteiger partial charge in [0.2, 0.25) is 5.78 Å². The predicted octanol–water partition coefficient (Wildman–Crippen LogP) is 4.14. The molecule has 0 bridgehead atoms. The molecule has 2 aromatic carbocycles. The van der Waals surface area contributed by atoms with E-state index in [1.807, 2.05) is 17.6 Å². The van der Waals surface area contributed by atoms with Crippen LogP contribution in [-0.2, 0) is 4.74 Å². The molecule has 0 N–H and O–H groups in total. The van der Waals surface area contributed by atoms with Gasteiger partial charge in [0.15, 0.2) is 6.61 Å². The van der Waals surface area contributed by atoms with Crippen molar-refractivity contribution >= 4 is 11.8 Å². The van der Waals surface area contributed by atoms with E-state index in [0.717, 1.165) is 11.4 Å². The molecule has 1 aromatic heterocycles. The lowest BCUT2D eigenvalue weighted by Gasteiger charge is -2.10. The lowest BCUT2D eigenvalue weighted by Crippen LogP contribution is -2.15. The minimum Gasteiger partial charge on any atom is -0.454 e. The van der Waals surface area contributed by atoms with Gasteiger partial charge in [0.05, 0.1) is 17.2 Å². The molecule has 6 heteroatoms. The van der Waals surface area contributed by atoms with E-state index in [4.69, 9.17) is 10.00 Å². The van der Waals surface area contributed by atoms with Crippen molar-refractivity contribution < 1.29 is 18.7 Å². The summed E-state index contributed by atoms with van der Waals surface area (Å²) in [6.45, 7) is 3.23. The number of esters is 1. The van der Waals surface area contributed by atoms with Gasteiger partial charge in [-0.15, -0.1) is 0 Å². The summed E-state index contributed by atoms with van der Waals surface area (Å²) in [6, 6.07) is 15.6. The Labute approximate surface area is 161 Å². The number of aromatic nitrogens is 1. The van der Waals surface area contributed by atoms with Crippen LogP contribution in [0.4, 0.5) is 4.39 Å². The smallest absolute Gasteiger partial charge is 0.338 e. The van der Waals surface area contributed by atoms with Gasteiger partial charge in [0, 0.05) is 22.6 Å². The number of Topliss-reactive ketones (excluding diaryl/α,β-unsaturated/α-hetero) is 1. The van der Waals surface area contributed by atoms with Gasteiger partial charge in [-0.05, 0) is 68.4 Å². The first kappa shape index (κ1) is 19.1. The van der Waals surface area contributed by atoms with Gasteiger partial charge in [0.1, 0.15) is 5.82 Å². The molecule has 0 fully saturated rings. The van der Waals surface area contributed by atoms with Crippen LogP contribution in [0, 0.1) is 31.0 Å². The number of halogens is 1. The highest BCUT2D eigenvalue weighted by molar-refractivity contribution is 6.00. The second kappa shape index (κ2) is 7.89. The van der Waals surface area contributed by atoms with Gasteiger partial charge in [-0.25, -0.2) is 9.18 Å². The quantitative estimate of drug-likeness (QED) is 0.495. The predicted molar refractivity (Wildman–Crippen MR) is 101 cm³/mol. The first-order chi connectivity index (χ1) is 13.4. The van der Waals surface area contributed by atoms with Crippen molar-refractivity contribution in [2.24, 2.45) is 0 Å². The molecule has 3 rings (SSSR count). The second-order valence-corrected chi connectivity index (χ2v) is 6.29. The molecular weight excluding hydrogens is 359 g/mol. The fraction of sp³-hybridized carbons (Fsp3) is 0.136. The number of hydrogen-bond donors (Lipinski definition) is 0. The lowest BCUT2D eigenvalue weighted by atomic mass is 10.1. The molecule has 3 aromatic rings. The molecule has 28 heavy (non-hydrogen) atoms. The van der Waals surface area contributed by atoms with Crippen LogP contribution < -0.4 is 0 Å². The van der Waals surface area contributed by atoms with E-state index in [9.17, 15) is 14.0 Å². The third-order valence-electron chi connectivity index (χ3n) is 4.40. The van der Waals surface area contributed by atoms with E-state index in [-0.39, 0.29) is 17.2 Å². The summed E-state index contributed by atoms with van der Waals surface area (Å²) in [5.41, 5.74) is 3.37. The Morgan fingerprint density at radius 1 is 1.07 bits per heavy atom. The maximum atomic E-state index is 13.2. The minimum atomic E-state index is -0.634. The number of aryl methyl sites for hydroxylation is 1. The standard InChI is InChI=1S/C22H17FN2O3/c1-14-11-20(15(2)25(14)19-9-7-18(23)8-10-19)21(26)13-28-22(27)17-5-3-16(12-24)4-6-17/h3-11H,13H2,1-2H3. The van der Waals surface area contributed by atoms with Crippen LogP contribution in [0.25, 0.3) is 5.69 Å². The molecule has 0 saturated carbocycles. The van der Waals surface area contributed by atoms with Gasteiger partial charge in [-0.3, -0.25) is 4.79 Å². The summed E-state index contributed by atoms with van der Waals surface area (Å²) < 4.78 is 20.1. The molecule has 0 aliphatic heterocycles. The molecule has 0 unspecified atom stereocenters. The molecule has 0 aliphatic carbocycles. The molecule has 0 spiro atoms. The molecule has 0 aliphatic rings. The molecule has 0 amide bonds. The van der Waals surface area contributed by atoms with E-state index < -0.39 is 12.6 Å². The third-order valence-corrected chi connectivity index (χ3v) is 4.40. The fourth-order valence-corrected chi connectivity index (χ4v) is 3.01. The van der Waals surface area contributed by atoms with Crippen LogP contribution in [0.15, 0.2) is 54.6 Å². The average molecular weight is 376 g/mol. The Kier molecular flexibility index (Phi) is 5.37. The zero-order chi connectivity index (χ0) is 20.3. The molecule has 140 valence electrons. The Hall–Kier alpha value is -3.72. The molecule has 0 radical (unpaired) electrons. The van der Waals surface area contributed by atoms with Crippen LogP contribution in [0.1, 0.15) is 37.7 Å². The molecule has 1 heterocycles. The zero-order valence-corrected chi connectivity index (χ0v) is 15.4. The van der Waals surface area contributed by atoms with Crippen molar-refractivity contribution in [3.63, 3.8) is 0 Å². The van der Waals surface area contributed by atoms with Crippen molar-refractivity contribution in [1.82, 2.24) is 4.57 Å². The van der Waals surface area contributed by atoms with E-state index in [1.165, 1.54) is 36.4 Å². The Morgan fingerprint density at radius 2 is 1.71 bits per heavy atom. The molecule has 5 nitrogen and oxygen atoms in total. The largest absolute Gasteiger partial charge is 0.454 e. The third kappa shape index (κ3) is 3.84. The van der Waals surface area contributed by atoms with Crippen LogP contribution in [0.3, 0.4) is 0 Å². The van der Waals surface area contributed by atoms with E-state index in [2.05, 4.69) is 0 Å². The van der Waals surface area contributed by atoms with E-state index in [1.54, 1.807) is 25.1 Å². The average Bonchev–Trinajstić information content (AvgIpc) is 3.01. The number of ketones is 1. The summed E-state index contributed by atoms with van der Waals surface area (Å²) in [6.07, 6.45) is 0. The lowest BCUT2D eigenvalue weighted by molar-refractivity contribution is 0.0474. The zero-order valence-electron chi connectivity index (χ0n) is 15.4. The molecular formula is C22H17FN2O3. The van der Waals surface area contributed by atoms with Crippen LogP contribution in [0.5, 0.6) is 0 Å². The van der Waals surface area contributed by atoms with Crippen LogP contribution in [0.2, 0.25) is 0 Å². The molecule has 0 saturated heterocycles. The number of benzene rings is 2. The summed E-state index contributed by atoms with van der Waals surface area (Å²) in [5, 5.41) is 8.78. The number of nitriles is 1. The van der Waals surface area contributed by atoms with Crippen LogP contribution >= 0.6 is 0 Å². The van der Waals surface area contributed by atoms with Crippen molar-refractivity contribution in [3.05, 3.63) is 88.5 Å². The van der Waals surface area contributed by atoms with Crippen LogP contribution in [-0.4, -0.2) is 22.9 Å². The first-order valence-electron chi connectivity index (χ1n) is 8.56. The summed E-state index contributed by atoms with van der Waals surface area (Å²) in [5.74, 6) is -1.30. The summed E-state index contributed by atoms with van der Waals surface area (Å²) in [7, 11) is 0. The van der Waals surface area contributed by atoms with Gasteiger partial charge in [-0.1, -0.05) is 0 Å². The van der Waals surface area contributed by atoms with Crippen molar-refractivity contribution in [3.8, 4) is 11.8 Å². The highest BCUT2D eigenvalue weighted by Gasteiger charge is 2.18. The molecule has 0 atom stereocenters. The monoisotopic (exact) mass is 376 g/mol. The van der Waals surface area contributed by atoms with Gasteiger partial charge in [0.25, 0.3) is 0 Å². The highest BCUT2D eigenvalue weighted by Crippen LogP contribution is 2.21. The van der Waals surface area contributed by atoms with Gasteiger partial charge < -0.3 is 9.30 Å².